The van der Waals surface area contributed by atoms with E-state index in [-0.39, 0.29) is 24.8 Å². The first-order valence-corrected chi connectivity index (χ1v) is 6.56. The fraction of sp³-hybridized carbons (Fsp3) is 0.538. The van der Waals surface area contributed by atoms with Crippen LogP contribution in [0.4, 0.5) is 0 Å². The van der Waals surface area contributed by atoms with Crippen molar-refractivity contribution in [2.24, 2.45) is 5.92 Å². The zero-order valence-corrected chi connectivity index (χ0v) is 11.5. The lowest BCUT2D eigenvalue weighted by Gasteiger charge is -2.05. The van der Waals surface area contributed by atoms with Crippen molar-refractivity contribution < 1.29 is 14.3 Å². The second-order valence-electron chi connectivity index (χ2n) is 4.82. The van der Waals surface area contributed by atoms with Crippen molar-refractivity contribution in [2.75, 3.05) is 13.2 Å². The third-order valence-electron chi connectivity index (χ3n) is 3.09. The molecule has 1 aliphatic rings. The summed E-state index contributed by atoms with van der Waals surface area (Å²) in [7, 11) is 0. The Morgan fingerprint density at radius 3 is 2.95 bits per heavy atom. The Labute approximate surface area is 117 Å². The molecule has 108 valence electrons. The van der Waals surface area contributed by atoms with Crippen LogP contribution < -0.4 is 5.32 Å². The summed E-state index contributed by atoms with van der Waals surface area (Å²) in [5.41, 5.74) is 0.641. The van der Waals surface area contributed by atoms with E-state index in [4.69, 9.17) is 4.74 Å². The summed E-state index contributed by atoms with van der Waals surface area (Å²) in [6.07, 6.45) is 3.84. The molecule has 20 heavy (non-hydrogen) atoms. The quantitative estimate of drug-likeness (QED) is 0.578. The third-order valence-corrected chi connectivity index (χ3v) is 3.09. The summed E-state index contributed by atoms with van der Waals surface area (Å²) >= 11 is 0. The SMILES string of the molecule is C=CCOC(=O)c1nnn(CC(=O)NCC2CC2)c1C. The number of hydrogen-bond donors (Lipinski definition) is 1. The fourth-order valence-electron chi connectivity index (χ4n) is 1.67. The maximum absolute atomic E-state index is 11.7. The maximum Gasteiger partial charge on any atom is 0.361 e. The van der Waals surface area contributed by atoms with Gasteiger partial charge in [-0.25, -0.2) is 9.48 Å². The average molecular weight is 278 g/mol. The number of amides is 1. The van der Waals surface area contributed by atoms with E-state index in [1.54, 1.807) is 6.92 Å². The van der Waals surface area contributed by atoms with E-state index in [2.05, 4.69) is 22.2 Å². The van der Waals surface area contributed by atoms with Crippen LogP contribution in [0.5, 0.6) is 0 Å². The molecule has 1 heterocycles. The van der Waals surface area contributed by atoms with E-state index in [9.17, 15) is 9.59 Å². The number of ether oxygens (including phenoxy) is 1. The molecule has 1 fully saturated rings. The highest BCUT2D eigenvalue weighted by atomic mass is 16.5. The molecule has 0 radical (unpaired) electrons. The maximum atomic E-state index is 11.7. The van der Waals surface area contributed by atoms with E-state index in [1.807, 2.05) is 0 Å². The Morgan fingerprint density at radius 2 is 2.30 bits per heavy atom. The molecule has 1 N–H and O–H groups in total. The van der Waals surface area contributed by atoms with Gasteiger partial charge in [0.25, 0.3) is 0 Å². The van der Waals surface area contributed by atoms with Crippen molar-refractivity contribution in [2.45, 2.75) is 26.3 Å². The van der Waals surface area contributed by atoms with Gasteiger partial charge in [0.1, 0.15) is 13.2 Å². The van der Waals surface area contributed by atoms with Crippen LogP contribution in [0, 0.1) is 12.8 Å². The summed E-state index contributed by atoms with van der Waals surface area (Å²) < 4.78 is 6.29. The highest BCUT2D eigenvalue weighted by Crippen LogP contribution is 2.27. The van der Waals surface area contributed by atoms with Crippen molar-refractivity contribution in [3.05, 3.63) is 24.0 Å². The van der Waals surface area contributed by atoms with Crippen LogP contribution in [-0.4, -0.2) is 40.0 Å². The first-order valence-electron chi connectivity index (χ1n) is 6.56. The molecule has 0 atom stereocenters. The topological polar surface area (TPSA) is 86.1 Å². The number of aromatic nitrogens is 3. The van der Waals surface area contributed by atoms with E-state index >= 15 is 0 Å². The molecule has 0 aromatic carbocycles. The molecule has 0 spiro atoms. The number of carbonyl (C=O) groups is 2. The summed E-state index contributed by atoms with van der Waals surface area (Å²) in [6, 6.07) is 0. The minimum absolute atomic E-state index is 0.0558. The fourth-order valence-corrected chi connectivity index (χ4v) is 1.67. The van der Waals surface area contributed by atoms with Crippen LogP contribution in [0.15, 0.2) is 12.7 Å². The molecule has 0 unspecified atom stereocenters. The second kappa shape index (κ2) is 6.31. The Hall–Kier alpha value is -2.18. The Balaban J connectivity index is 1.91. The molecule has 2 rings (SSSR count). The van der Waals surface area contributed by atoms with Crippen LogP contribution >= 0.6 is 0 Å². The highest BCUT2D eigenvalue weighted by molar-refractivity contribution is 5.88. The zero-order chi connectivity index (χ0) is 14.5. The van der Waals surface area contributed by atoms with Gasteiger partial charge in [0.15, 0.2) is 5.69 Å². The first kappa shape index (κ1) is 14.2. The Kier molecular flexibility index (Phi) is 4.49. The molecule has 1 saturated carbocycles. The van der Waals surface area contributed by atoms with Crippen molar-refractivity contribution in [1.82, 2.24) is 20.3 Å². The van der Waals surface area contributed by atoms with E-state index in [0.717, 1.165) is 0 Å². The highest BCUT2D eigenvalue weighted by Gasteiger charge is 2.22. The molecule has 1 amide bonds. The lowest BCUT2D eigenvalue weighted by molar-refractivity contribution is -0.121. The van der Waals surface area contributed by atoms with Crippen molar-refractivity contribution in [1.29, 1.82) is 0 Å². The lowest BCUT2D eigenvalue weighted by atomic mass is 10.3. The normalized spacial score (nSPS) is 13.8. The van der Waals surface area contributed by atoms with E-state index in [0.29, 0.717) is 18.2 Å². The Bertz CT molecular complexity index is 520. The summed E-state index contributed by atoms with van der Waals surface area (Å²) in [5.74, 6) is -0.0665. The van der Waals surface area contributed by atoms with Gasteiger partial charge in [0.2, 0.25) is 5.91 Å². The van der Waals surface area contributed by atoms with Gasteiger partial charge >= 0.3 is 5.97 Å². The predicted molar refractivity (Wildman–Crippen MR) is 71.0 cm³/mol. The van der Waals surface area contributed by atoms with Gasteiger partial charge in [-0.1, -0.05) is 17.9 Å². The number of rotatable bonds is 7. The molecular formula is C13H18N4O3. The van der Waals surface area contributed by atoms with Crippen LogP contribution in [0.1, 0.15) is 29.0 Å². The van der Waals surface area contributed by atoms with Crippen molar-refractivity contribution in [3.8, 4) is 0 Å². The van der Waals surface area contributed by atoms with Gasteiger partial charge in [0.05, 0.1) is 5.69 Å². The van der Waals surface area contributed by atoms with Crippen molar-refractivity contribution in [3.63, 3.8) is 0 Å². The van der Waals surface area contributed by atoms with E-state index in [1.165, 1.54) is 23.6 Å². The Morgan fingerprint density at radius 1 is 1.55 bits per heavy atom. The van der Waals surface area contributed by atoms with Gasteiger partial charge in [-0.3, -0.25) is 4.79 Å². The van der Waals surface area contributed by atoms with E-state index < -0.39 is 5.97 Å². The molecule has 0 bridgehead atoms. The lowest BCUT2D eigenvalue weighted by Crippen LogP contribution is -2.30. The second-order valence-corrected chi connectivity index (χ2v) is 4.82. The molecule has 1 aliphatic carbocycles. The monoisotopic (exact) mass is 278 g/mol. The standard InChI is InChI=1S/C13H18N4O3/c1-3-6-20-13(19)12-9(2)17(16-15-12)8-11(18)14-7-10-4-5-10/h3,10H,1,4-8H2,2H3,(H,14,18). The molecule has 0 saturated heterocycles. The zero-order valence-electron chi connectivity index (χ0n) is 11.5. The molecule has 0 aliphatic heterocycles. The molecule has 7 heteroatoms. The van der Waals surface area contributed by atoms with Crippen molar-refractivity contribution >= 4 is 11.9 Å². The van der Waals surface area contributed by atoms with Gasteiger partial charge in [-0.05, 0) is 25.7 Å². The van der Waals surface area contributed by atoms with Crippen LogP contribution in [-0.2, 0) is 16.1 Å². The molecule has 7 nitrogen and oxygen atoms in total. The summed E-state index contributed by atoms with van der Waals surface area (Å²) in [5, 5.41) is 10.4. The summed E-state index contributed by atoms with van der Waals surface area (Å²) in [6.45, 7) is 6.02. The van der Waals surface area contributed by atoms with Crippen LogP contribution in [0.3, 0.4) is 0 Å². The van der Waals surface area contributed by atoms with Gasteiger partial charge in [-0.2, -0.15) is 0 Å². The van der Waals surface area contributed by atoms with Crippen LogP contribution in [0.25, 0.3) is 0 Å². The minimum Gasteiger partial charge on any atom is -0.457 e. The average Bonchev–Trinajstić information content (AvgIpc) is 3.19. The smallest absolute Gasteiger partial charge is 0.361 e. The van der Waals surface area contributed by atoms with Gasteiger partial charge < -0.3 is 10.1 Å². The number of esters is 1. The largest absolute Gasteiger partial charge is 0.457 e. The summed E-state index contributed by atoms with van der Waals surface area (Å²) in [4.78, 5) is 23.4. The molecule has 1 aromatic rings. The number of nitrogens with zero attached hydrogens (tertiary/aromatic N) is 3. The first-order chi connectivity index (χ1) is 9.61. The molecular weight excluding hydrogens is 260 g/mol. The predicted octanol–water partition coefficient (Wildman–Crippen LogP) is 0.456. The van der Waals surface area contributed by atoms with Gasteiger partial charge in [-0.15, -0.1) is 5.10 Å². The number of nitrogens with one attached hydrogen (secondary N) is 1. The minimum atomic E-state index is -0.563. The number of hydrogen-bond acceptors (Lipinski definition) is 5. The number of carbonyl (C=O) groups excluding carboxylic acids is 2. The molecule has 1 aromatic heterocycles. The van der Waals surface area contributed by atoms with Crippen LogP contribution in [0.2, 0.25) is 0 Å². The van der Waals surface area contributed by atoms with Gasteiger partial charge in [0, 0.05) is 6.54 Å². The third kappa shape index (κ3) is 3.66.